The highest BCUT2D eigenvalue weighted by Crippen LogP contribution is 2.33. The van der Waals surface area contributed by atoms with Crippen LogP contribution in [0.2, 0.25) is 5.02 Å². The monoisotopic (exact) mass is 284 g/mol. The second kappa shape index (κ2) is 8.05. The van der Waals surface area contributed by atoms with Crippen LogP contribution in [0, 0.1) is 0 Å². The summed E-state index contributed by atoms with van der Waals surface area (Å²) >= 11 is 6.13. The number of Topliss-reactive ketones (excluding diaryl/α,β-unsaturated/α-hetero) is 1. The lowest BCUT2D eigenvalue weighted by Gasteiger charge is -2.13. The van der Waals surface area contributed by atoms with Crippen molar-refractivity contribution in [3.8, 4) is 11.5 Å². The van der Waals surface area contributed by atoms with Crippen LogP contribution in [-0.2, 0) is 0 Å². The van der Waals surface area contributed by atoms with E-state index in [1.165, 1.54) is 0 Å². The van der Waals surface area contributed by atoms with E-state index in [1.54, 1.807) is 12.1 Å². The Balaban J connectivity index is 3.07. The van der Waals surface area contributed by atoms with E-state index in [9.17, 15) is 4.79 Å². The molecule has 3 nitrogen and oxygen atoms in total. The van der Waals surface area contributed by atoms with E-state index in [2.05, 4.69) is 6.92 Å². The van der Waals surface area contributed by atoms with Gasteiger partial charge in [-0.3, -0.25) is 4.79 Å². The van der Waals surface area contributed by atoms with Gasteiger partial charge in [-0.05, 0) is 26.3 Å². The first-order chi connectivity index (χ1) is 9.13. The van der Waals surface area contributed by atoms with Gasteiger partial charge in [0.1, 0.15) is 11.5 Å². The summed E-state index contributed by atoms with van der Waals surface area (Å²) in [5.41, 5.74) is 0.545. The van der Waals surface area contributed by atoms with E-state index in [1.807, 2.05) is 13.8 Å². The minimum Gasteiger partial charge on any atom is -0.493 e. The molecule has 0 aliphatic heterocycles. The van der Waals surface area contributed by atoms with E-state index in [-0.39, 0.29) is 5.78 Å². The highest BCUT2D eigenvalue weighted by molar-refractivity contribution is 6.32. The minimum atomic E-state index is 0.0650. The number of hydrogen-bond donors (Lipinski definition) is 0. The van der Waals surface area contributed by atoms with Gasteiger partial charge < -0.3 is 9.47 Å². The summed E-state index contributed by atoms with van der Waals surface area (Å²) in [6.07, 6.45) is 2.37. The highest BCUT2D eigenvalue weighted by Gasteiger charge is 2.16. The lowest BCUT2D eigenvalue weighted by Crippen LogP contribution is -2.05. The molecule has 0 saturated heterocycles. The molecular formula is C15H21ClO3. The number of carbonyl (C=O) groups excluding carboxylic acids is 1. The van der Waals surface area contributed by atoms with E-state index in [0.29, 0.717) is 41.7 Å². The second-order valence-electron chi connectivity index (χ2n) is 4.17. The average Bonchev–Trinajstić information content (AvgIpc) is 2.40. The molecule has 1 aromatic rings. The maximum Gasteiger partial charge on any atom is 0.166 e. The zero-order chi connectivity index (χ0) is 14.3. The number of halogens is 1. The molecular weight excluding hydrogens is 264 g/mol. The molecule has 0 heterocycles. The van der Waals surface area contributed by atoms with Crippen LogP contribution in [0.5, 0.6) is 11.5 Å². The molecule has 0 aromatic heterocycles. The number of unbranched alkanes of at least 4 members (excludes halogenated alkanes) is 1. The number of ketones is 1. The Kier molecular flexibility index (Phi) is 6.71. The van der Waals surface area contributed by atoms with Crippen molar-refractivity contribution < 1.29 is 14.3 Å². The smallest absolute Gasteiger partial charge is 0.166 e. The number of hydrogen-bond acceptors (Lipinski definition) is 3. The van der Waals surface area contributed by atoms with Crippen LogP contribution < -0.4 is 9.47 Å². The van der Waals surface area contributed by atoms with Crippen LogP contribution in [0.25, 0.3) is 0 Å². The van der Waals surface area contributed by atoms with Gasteiger partial charge in [0.25, 0.3) is 0 Å². The first kappa shape index (κ1) is 15.8. The molecule has 106 valence electrons. The largest absolute Gasteiger partial charge is 0.493 e. The Morgan fingerprint density at radius 3 is 2.32 bits per heavy atom. The first-order valence-corrected chi connectivity index (χ1v) is 7.14. The first-order valence-electron chi connectivity index (χ1n) is 6.76. The van der Waals surface area contributed by atoms with Gasteiger partial charge >= 0.3 is 0 Å². The van der Waals surface area contributed by atoms with E-state index >= 15 is 0 Å². The predicted octanol–water partition coefficient (Wildman–Crippen LogP) is 4.51. The van der Waals surface area contributed by atoms with Crippen LogP contribution in [0.3, 0.4) is 0 Å². The molecule has 0 N–H and O–H groups in total. The van der Waals surface area contributed by atoms with Crippen LogP contribution >= 0.6 is 11.6 Å². The fourth-order valence-electron chi connectivity index (χ4n) is 1.77. The van der Waals surface area contributed by atoms with Gasteiger partial charge in [0.2, 0.25) is 0 Å². The Bertz CT molecular complexity index is 430. The number of rotatable bonds is 8. The third kappa shape index (κ3) is 4.43. The molecule has 0 spiro atoms. The van der Waals surface area contributed by atoms with E-state index in [4.69, 9.17) is 21.1 Å². The fourth-order valence-corrected chi connectivity index (χ4v) is 1.98. The topological polar surface area (TPSA) is 35.5 Å². The summed E-state index contributed by atoms with van der Waals surface area (Å²) < 4.78 is 10.9. The van der Waals surface area contributed by atoms with Crippen molar-refractivity contribution in [2.75, 3.05) is 13.2 Å². The summed E-state index contributed by atoms with van der Waals surface area (Å²) in [5, 5.41) is 0.449. The molecule has 0 radical (unpaired) electrons. The predicted molar refractivity (Wildman–Crippen MR) is 77.6 cm³/mol. The zero-order valence-electron chi connectivity index (χ0n) is 11.8. The van der Waals surface area contributed by atoms with Crippen LogP contribution in [0.15, 0.2) is 12.1 Å². The van der Waals surface area contributed by atoms with Crippen molar-refractivity contribution in [3.05, 3.63) is 22.7 Å². The molecule has 0 aliphatic rings. The van der Waals surface area contributed by atoms with Gasteiger partial charge in [0, 0.05) is 12.5 Å². The van der Waals surface area contributed by atoms with Crippen molar-refractivity contribution in [3.63, 3.8) is 0 Å². The van der Waals surface area contributed by atoms with Crippen LogP contribution in [0.4, 0.5) is 0 Å². The van der Waals surface area contributed by atoms with Crippen molar-refractivity contribution >= 4 is 17.4 Å². The molecule has 1 rings (SSSR count). The normalized spacial score (nSPS) is 10.3. The van der Waals surface area contributed by atoms with Gasteiger partial charge in [-0.2, -0.15) is 0 Å². The average molecular weight is 285 g/mol. The third-order valence-corrected chi connectivity index (χ3v) is 2.99. The van der Waals surface area contributed by atoms with Gasteiger partial charge in [-0.25, -0.2) is 0 Å². The highest BCUT2D eigenvalue weighted by atomic mass is 35.5. The molecule has 0 amide bonds. The fraction of sp³-hybridized carbons (Fsp3) is 0.533. The van der Waals surface area contributed by atoms with Crippen molar-refractivity contribution in [2.24, 2.45) is 0 Å². The molecule has 0 saturated carbocycles. The molecule has 0 atom stereocenters. The minimum absolute atomic E-state index is 0.0650. The van der Waals surface area contributed by atoms with E-state index in [0.717, 1.165) is 12.8 Å². The molecule has 19 heavy (non-hydrogen) atoms. The number of ether oxygens (including phenoxy) is 2. The third-order valence-electron chi connectivity index (χ3n) is 2.69. The van der Waals surface area contributed by atoms with Crippen LogP contribution in [0.1, 0.15) is 50.4 Å². The number of carbonyl (C=O) groups is 1. The molecule has 4 heteroatoms. The lowest BCUT2D eigenvalue weighted by molar-refractivity contribution is 0.0976. The maximum absolute atomic E-state index is 12.1. The summed E-state index contributed by atoms with van der Waals surface area (Å²) in [6.45, 7) is 6.85. The Morgan fingerprint density at radius 1 is 1.11 bits per heavy atom. The van der Waals surface area contributed by atoms with Crippen molar-refractivity contribution in [1.82, 2.24) is 0 Å². The summed E-state index contributed by atoms with van der Waals surface area (Å²) in [5.74, 6) is 1.17. The van der Waals surface area contributed by atoms with Gasteiger partial charge in [-0.15, -0.1) is 0 Å². The summed E-state index contributed by atoms with van der Waals surface area (Å²) in [4.78, 5) is 12.1. The quantitative estimate of drug-likeness (QED) is 0.659. The van der Waals surface area contributed by atoms with Crippen LogP contribution in [-0.4, -0.2) is 19.0 Å². The second-order valence-corrected chi connectivity index (χ2v) is 4.58. The van der Waals surface area contributed by atoms with Crippen molar-refractivity contribution in [1.29, 1.82) is 0 Å². The summed E-state index contributed by atoms with van der Waals surface area (Å²) in [6, 6.07) is 3.35. The van der Waals surface area contributed by atoms with Gasteiger partial charge in [0.05, 0.1) is 23.8 Å². The van der Waals surface area contributed by atoms with Gasteiger partial charge in [0.15, 0.2) is 5.78 Å². The molecule has 0 aliphatic carbocycles. The maximum atomic E-state index is 12.1. The Hall–Kier alpha value is -1.22. The molecule has 0 fully saturated rings. The zero-order valence-corrected chi connectivity index (χ0v) is 12.5. The van der Waals surface area contributed by atoms with E-state index < -0.39 is 0 Å². The van der Waals surface area contributed by atoms with Crippen molar-refractivity contribution in [2.45, 2.75) is 40.0 Å². The standard InChI is InChI=1S/C15H21ClO3/c1-4-7-8-13(17)11-9-12(16)15(19-6-3)10-14(11)18-5-2/h9-10H,4-8H2,1-3H3. The van der Waals surface area contributed by atoms with Gasteiger partial charge in [-0.1, -0.05) is 24.9 Å². The Labute approximate surface area is 119 Å². The number of benzene rings is 1. The Morgan fingerprint density at radius 2 is 1.74 bits per heavy atom. The lowest BCUT2D eigenvalue weighted by atomic mass is 10.0. The summed E-state index contributed by atoms with van der Waals surface area (Å²) in [7, 11) is 0. The molecule has 0 unspecified atom stereocenters. The molecule has 0 bridgehead atoms. The molecule has 1 aromatic carbocycles. The SMILES string of the molecule is CCCCC(=O)c1cc(Cl)c(OCC)cc1OCC.